The summed E-state index contributed by atoms with van der Waals surface area (Å²) in [5.41, 5.74) is 1.66. The second-order valence-corrected chi connectivity index (χ2v) is 7.10. The van der Waals surface area contributed by atoms with E-state index in [1.807, 2.05) is 0 Å². The van der Waals surface area contributed by atoms with Gasteiger partial charge in [-0.1, -0.05) is 93.1 Å². The minimum absolute atomic E-state index is 1.12. The zero-order valence-corrected chi connectivity index (χ0v) is 12.4. The molecule has 0 amide bonds. The molecular weight excluding hydrogens is 227 g/mol. The first-order chi connectivity index (χ1) is 9.43. The summed E-state index contributed by atoms with van der Waals surface area (Å²) in [5.74, 6) is 2.24. The molecule has 0 nitrogen and oxygen atoms in total. The first kappa shape index (κ1) is 13.5. The maximum atomic E-state index is 2.32. The summed E-state index contributed by atoms with van der Waals surface area (Å²) in [4.78, 5) is 0. The van der Waals surface area contributed by atoms with Gasteiger partial charge in [-0.25, -0.2) is 0 Å². The molecule has 104 valence electrons. The topological polar surface area (TPSA) is 0 Å². The number of rotatable bonds is 6. The lowest BCUT2D eigenvalue weighted by Crippen LogP contribution is -2.34. The molecule has 0 radical (unpaired) electrons. The van der Waals surface area contributed by atoms with E-state index >= 15 is 0 Å². The fourth-order valence-corrected chi connectivity index (χ4v) is 4.87. The summed E-state index contributed by atoms with van der Waals surface area (Å²) in [6.45, 7) is 1.12. The maximum absolute atomic E-state index is 2.32. The lowest BCUT2D eigenvalue weighted by molar-refractivity contribution is 0.440. The molecule has 1 aliphatic carbocycles. The molecule has 0 atom stereocenters. The van der Waals surface area contributed by atoms with E-state index in [1.54, 1.807) is 37.6 Å². The molecule has 0 aromatic carbocycles. The predicted molar refractivity (Wildman–Crippen MR) is 86.1 cm³/mol. The monoisotopic (exact) mass is 256 g/mol. The molecule has 2 heterocycles. The van der Waals surface area contributed by atoms with Crippen LogP contribution in [0.2, 0.25) is 18.0 Å². The van der Waals surface area contributed by atoms with Crippen molar-refractivity contribution >= 4 is 6.71 Å². The van der Waals surface area contributed by atoms with Crippen LogP contribution in [0.4, 0.5) is 0 Å². The highest BCUT2D eigenvalue weighted by molar-refractivity contribution is 6.62. The predicted octanol–water partition coefficient (Wildman–Crippen LogP) is 6.04. The molecule has 3 rings (SSSR count). The van der Waals surface area contributed by atoms with Gasteiger partial charge in [-0.2, -0.15) is 0 Å². The molecule has 2 aliphatic heterocycles. The Balaban J connectivity index is 1.33. The summed E-state index contributed by atoms with van der Waals surface area (Å²) in [6, 6.07) is 0. The van der Waals surface area contributed by atoms with Gasteiger partial charge >= 0.3 is 0 Å². The lowest BCUT2D eigenvalue weighted by Gasteiger charge is -2.40. The molecule has 0 aromatic heterocycles. The third-order valence-corrected chi connectivity index (χ3v) is 5.89. The minimum Gasteiger partial charge on any atom is -0.0805 e. The molecule has 2 fully saturated rings. The van der Waals surface area contributed by atoms with Crippen LogP contribution in [-0.2, 0) is 0 Å². The smallest absolute Gasteiger partial charge is 0.0805 e. The Morgan fingerprint density at radius 3 is 2.32 bits per heavy atom. The second kappa shape index (κ2) is 6.82. The Morgan fingerprint density at radius 1 is 0.947 bits per heavy atom. The highest BCUT2D eigenvalue weighted by atomic mass is 14.2. The Hall–Kier alpha value is -0.455. The van der Waals surface area contributed by atoms with Gasteiger partial charge in [0.25, 0.3) is 0 Å². The first-order valence-electron chi connectivity index (χ1n) is 8.78. The molecule has 1 heteroatoms. The number of hydrogen-bond donors (Lipinski definition) is 0. The van der Waals surface area contributed by atoms with E-state index in [9.17, 15) is 0 Å². The van der Waals surface area contributed by atoms with E-state index in [4.69, 9.17) is 0 Å². The molecule has 0 unspecified atom stereocenters. The highest BCUT2D eigenvalue weighted by Gasteiger charge is 2.37. The Labute approximate surface area is 119 Å². The van der Waals surface area contributed by atoms with Crippen LogP contribution in [0, 0.1) is 0 Å². The van der Waals surface area contributed by atoms with Crippen LogP contribution in [0.3, 0.4) is 0 Å². The van der Waals surface area contributed by atoms with E-state index in [0.29, 0.717) is 0 Å². The maximum Gasteiger partial charge on any atom is 0.146 e. The highest BCUT2D eigenvalue weighted by Crippen LogP contribution is 2.48. The summed E-state index contributed by atoms with van der Waals surface area (Å²) >= 11 is 0. The van der Waals surface area contributed by atoms with Gasteiger partial charge in [-0.15, -0.1) is 0 Å². The van der Waals surface area contributed by atoms with Gasteiger partial charge in [-0.3, -0.25) is 0 Å². The van der Waals surface area contributed by atoms with Gasteiger partial charge in [0, 0.05) is 0 Å². The van der Waals surface area contributed by atoms with Gasteiger partial charge in [0.2, 0.25) is 0 Å². The van der Waals surface area contributed by atoms with Crippen molar-refractivity contribution in [2.75, 3.05) is 0 Å². The van der Waals surface area contributed by atoms with E-state index in [-0.39, 0.29) is 0 Å². The SMILES string of the molecule is C1=CCC(CCCCCB2C3CCCC2CCC3)=C1. The van der Waals surface area contributed by atoms with Crippen molar-refractivity contribution in [3.63, 3.8) is 0 Å². The zero-order valence-electron chi connectivity index (χ0n) is 12.4. The Kier molecular flexibility index (Phi) is 4.85. The molecule has 19 heavy (non-hydrogen) atoms. The average molecular weight is 256 g/mol. The van der Waals surface area contributed by atoms with Gasteiger partial charge < -0.3 is 0 Å². The first-order valence-corrected chi connectivity index (χ1v) is 8.78. The number of unbranched alkanes of at least 4 members (excludes halogenated alkanes) is 2. The van der Waals surface area contributed by atoms with Gasteiger partial charge in [0.15, 0.2) is 0 Å². The molecule has 2 saturated heterocycles. The number of fused-ring (bicyclic) bond motifs is 2. The minimum atomic E-state index is 1.12. The van der Waals surface area contributed by atoms with Gasteiger partial charge in [0.05, 0.1) is 0 Å². The van der Waals surface area contributed by atoms with Crippen molar-refractivity contribution in [3.8, 4) is 0 Å². The van der Waals surface area contributed by atoms with Crippen LogP contribution in [0.15, 0.2) is 23.8 Å². The number of hydrogen-bond acceptors (Lipinski definition) is 0. The summed E-state index contributed by atoms with van der Waals surface area (Å²) in [6.07, 6.45) is 24.6. The van der Waals surface area contributed by atoms with E-state index in [0.717, 1.165) is 18.3 Å². The molecule has 2 bridgehead atoms. The van der Waals surface area contributed by atoms with Gasteiger partial charge in [0.1, 0.15) is 6.71 Å². The third kappa shape index (κ3) is 3.55. The van der Waals surface area contributed by atoms with E-state index < -0.39 is 0 Å². The average Bonchev–Trinajstić information content (AvgIpc) is 2.91. The van der Waals surface area contributed by atoms with Crippen molar-refractivity contribution in [2.45, 2.75) is 88.6 Å². The third-order valence-electron chi connectivity index (χ3n) is 5.89. The zero-order chi connectivity index (χ0) is 12.9. The fraction of sp³-hybridized carbons (Fsp3) is 0.778. The summed E-state index contributed by atoms with van der Waals surface area (Å²) in [7, 11) is 0. The molecule has 0 saturated carbocycles. The molecule has 3 aliphatic rings. The molecule has 0 spiro atoms. The normalized spacial score (nSPS) is 29.7. The Morgan fingerprint density at radius 2 is 1.68 bits per heavy atom. The van der Waals surface area contributed by atoms with Crippen molar-refractivity contribution in [1.82, 2.24) is 0 Å². The standard InChI is InChI=1S/C18H29B/c1(2-8-16-9-3-4-10-16)5-15-19-17-11-6-12-18(19)14-7-13-17/h3-4,9,17-18H,1-2,5-8,10-15H2. The second-order valence-electron chi connectivity index (χ2n) is 7.10. The van der Waals surface area contributed by atoms with Gasteiger partial charge in [-0.05, 0) is 19.3 Å². The van der Waals surface area contributed by atoms with Crippen LogP contribution in [0.5, 0.6) is 0 Å². The van der Waals surface area contributed by atoms with Crippen LogP contribution in [0.1, 0.15) is 70.6 Å². The fourth-order valence-electron chi connectivity index (χ4n) is 4.87. The largest absolute Gasteiger partial charge is 0.146 e. The number of allylic oxidation sites excluding steroid dienone is 4. The van der Waals surface area contributed by atoms with E-state index in [2.05, 4.69) is 18.2 Å². The quantitative estimate of drug-likeness (QED) is 0.401. The van der Waals surface area contributed by atoms with Crippen molar-refractivity contribution in [2.24, 2.45) is 0 Å². The molecular formula is C18H29B. The van der Waals surface area contributed by atoms with E-state index in [1.165, 1.54) is 44.9 Å². The summed E-state index contributed by atoms with van der Waals surface area (Å²) < 4.78 is 0. The van der Waals surface area contributed by atoms with Crippen LogP contribution >= 0.6 is 0 Å². The van der Waals surface area contributed by atoms with Crippen LogP contribution < -0.4 is 0 Å². The van der Waals surface area contributed by atoms with Crippen LogP contribution in [0.25, 0.3) is 0 Å². The molecule has 0 N–H and O–H groups in total. The Bertz CT molecular complexity index is 320. The van der Waals surface area contributed by atoms with Crippen molar-refractivity contribution in [1.29, 1.82) is 0 Å². The summed E-state index contributed by atoms with van der Waals surface area (Å²) in [5, 5.41) is 0. The van der Waals surface area contributed by atoms with Crippen molar-refractivity contribution < 1.29 is 0 Å². The van der Waals surface area contributed by atoms with Crippen LogP contribution in [-0.4, -0.2) is 6.71 Å². The lowest BCUT2D eigenvalue weighted by atomic mass is 9.26. The van der Waals surface area contributed by atoms with Crippen molar-refractivity contribution in [3.05, 3.63) is 23.8 Å². The molecule has 0 aromatic rings.